The van der Waals surface area contributed by atoms with Gasteiger partial charge in [-0.1, -0.05) is 42.5 Å². The third-order valence-electron chi connectivity index (χ3n) is 4.43. The van der Waals surface area contributed by atoms with Crippen LogP contribution in [0, 0.1) is 0 Å². The Morgan fingerprint density at radius 2 is 1.57 bits per heavy atom. The molecule has 3 rings (SSSR count). The minimum absolute atomic E-state index is 0.163. The van der Waals surface area contributed by atoms with E-state index >= 15 is 0 Å². The van der Waals surface area contributed by atoms with Crippen molar-refractivity contribution in [1.29, 1.82) is 0 Å². The van der Waals surface area contributed by atoms with E-state index in [4.69, 9.17) is 14.2 Å². The Balaban J connectivity index is 1.91. The van der Waals surface area contributed by atoms with Crippen molar-refractivity contribution in [2.24, 2.45) is 0 Å². The maximum absolute atomic E-state index is 12.7. The summed E-state index contributed by atoms with van der Waals surface area (Å²) in [5, 5.41) is 4.87. The largest absolute Gasteiger partial charge is 0.493 e. The Kier molecular flexibility index (Phi) is 5.79. The van der Waals surface area contributed by atoms with Gasteiger partial charge in [0.15, 0.2) is 11.5 Å². The Bertz CT molecular complexity index is 1020. The van der Waals surface area contributed by atoms with Crippen molar-refractivity contribution in [3.05, 3.63) is 65.7 Å². The number of amides is 1. The van der Waals surface area contributed by atoms with Crippen molar-refractivity contribution in [1.82, 2.24) is 0 Å². The van der Waals surface area contributed by atoms with E-state index in [2.05, 4.69) is 5.32 Å². The first kappa shape index (κ1) is 19.2. The van der Waals surface area contributed by atoms with Crippen molar-refractivity contribution in [2.75, 3.05) is 26.6 Å². The van der Waals surface area contributed by atoms with Crippen LogP contribution >= 0.6 is 0 Å². The number of fused-ring (bicyclic) bond motifs is 1. The zero-order chi connectivity index (χ0) is 20.1. The normalized spacial score (nSPS) is 10.4. The fraction of sp³-hybridized carbons (Fsp3) is 0.182. The van der Waals surface area contributed by atoms with Gasteiger partial charge >= 0.3 is 5.97 Å². The summed E-state index contributed by atoms with van der Waals surface area (Å²) in [4.78, 5) is 24.9. The van der Waals surface area contributed by atoms with Crippen LogP contribution < -0.4 is 14.8 Å². The predicted octanol–water partition coefficient (Wildman–Crippen LogP) is 3.82. The number of carbonyl (C=O) groups excluding carboxylic acids is 2. The van der Waals surface area contributed by atoms with Gasteiger partial charge in [-0.05, 0) is 16.3 Å². The molecule has 0 radical (unpaired) electrons. The van der Waals surface area contributed by atoms with Gasteiger partial charge in [-0.3, -0.25) is 4.79 Å². The second kappa shape index (κ2) is 8.43. The summed E-state index contributed by atoms with van der Waals surface area (Å²) in [7, 11) is 4.23. The third kappa shape index (κ3) is 3.91. The van der Waals surface area contributed by atoms with Crippen molar-refractivity contribution >= 4 is 28.3 Å². The van der Waals surface area contributed by atoms with E-state index in [-0.39, 0.29) is 17.9 Å². The highest BCUT2D eigenvalue weighted by molar-refractivity contribution is 6.03. The number of methoxy groups -OCH3 is 3. The highest BCUT2D eigenvalue weighted by Crippen LogP contribution is 2.34. The molecule has 1 amide bonds. The molecule has 1 N–H and O–H groups in total. The van der Waals surface area contributed by atoms with Gasteiger partial charge in [0.2, 0.25) is 5.91 Å². The van der Waals surface area contributed by atoms with Crippen LogP contribution in [0.5, 0.6) is 11.5 Å². The molecule has 0 atom stereocenters. The molecule has 0 saturated heterocycles. The maximum atomic E-state index is 12.7. The number of hydrogen-bond acceptors (Lipinski definition) is 5. The Morgan fingerprint density at radius 3 is 2.29 bits per heavy atom. The van der Waals surface area contributed by atoms with E-state index in [1.807, 2.05) is 42.5 Å². The molecule has 0 spiro atoms. The van der Waals surface area contributed by atoms with Crippen LogP contribution in [0.1, 0.15) is 15.9 Å². The number of hydrogen-bond donors (Lipinski definition) is 1. The number of benzene rings is 3. The van der Waals surface area contributed by atoms with Gasteiger partial charge in [0, 0.05) is 12.1 Å². The minimum Gasteiger partial charge on any atom is -0.493 e. The van der Waals surface area contributed by atoms with E-state index < -0.39 is 5.97 Å². The molecule has 0 heterocycles. The molecule has 6 nitrogen and oxygen atoms in total. The van der Waals surface area contributed by atoms with Crippen LogP contribution in [-0.4, -0.2) is 33.2 Å². The molecular weight excluding hydrogens is 358 g/mol. The number of esters is 1. The van der Waals surface area contributed by atoms with E-state index in [0.29, 0.717) is 17.2 Å². The molecule has 0 aliphatic rings. The van der Waals surface area contributed by atoms with E-state index in [0.717, 1.165) is 16.3 Å². The molecule has 0 unspecified atom stereocenters. The average molecular weight is 379 g/mol. The molecule has 144 valence electrons. The molecule has 3 aromatic carbocycles. The summed E-state index contributed by atoms with van der Waals surface area (Å²) in [6.07, 6.45) is 0.163. The topological polar surface area (TPSA) is 73.9 Å². The Labute approximate surface area is 163 Å². The van der Waals surface area contributed by atoms with Crippen LogP contribution in [-0.2, 0) is 16.0 Å². The number of anilines is 1. The van der Waals surface area contributed by atoms with E-state index in [9.17, 15) is 9.59 Å². The van der Waals surface area contributed by atoms with Gasteiger partial charge in [-0.25, -0.2) is 4.79 Å². The molecule has 0 fully saturated rings. The van der Waals surface area contributed by atoms with Crippen LogP contribution in [0.3, 0.4) is 0 Å². The lowest BCUT2D eigenvalue weighted by Gasteiger charge is -2.15. The molecule has 0 aliphatic heterocycles. The standard InChI is InChI=1S/C22H21NO5/c1-26-19-12-17(22(25)28-3)18(13-20(19)27-2)23-21(24)11-15-9-6-8-14-7-4-5-10-16(14)15/h4-10,12-13H,11H2,1-3H3,(H,23,24). The van der Waals surface area contributed by atoms with Crippen LogP contribution in [0.15, 0.2) is 54.6 Å². The van der Waals surface area contributed by atoms with Crippen LogP contribution in [0.25, 0.3) is 10.8 Å². The Morgan fingerprint density at radius 1 is 0.893 bits per heavy atom. The van der Waals surface area contributed by atoms with Crippen molar-refractivity contribution in [3.8, 4) is 11.5 Å². The Hall–Kier alpha value is -3.54. The fourth-order valence-corrected chi connectivity index (χ4v) is 3.08. The molecule has 3 aromatic rings. The monoisotopic (exact) mass is 379 g/mol. The molecule has 28 heavy (non-hydrogen) atoms. The SMILES string of the molecule is COC(=O)c1cc(OC)c(OC)cc1NC(=O)Cc1cccc2ccccc12. The fourth-order valence-electron chi connectivity index (χ4n) is 3.08. The lowest BCUT2D eigenvalue weighted by Crippen LogP contribution is -2.17. The summed E-state index contributed by atoms with van der Waals surface area (Å²) in [6, 6.07) is 16.7. The quantitative estimate of drug-likeness (QED) is 0.659. The van der Waals surface area contributed by atoms with Gasteiger partial charge in [0.05, 0.1) is 39.0 Å². The van der Waals surface area contributed by atoms with Gasteiger partial charge < -0.3 is 19.5 Å². The summed E-state index contributed by atoms with van der Waals surface area (Å²) < 4.78 is 15.3. The molecule has 0 saturated carbocycles. The van der Waals surface area contributed by atoms with Crippen LogP contribution in [0.2, 0.25) is 0 Å². The minimum atomic E-state index is -0.582. The maximum Gasteiger partial charge on any atom is 0.340 e. The number of nitrogens with one attached hydrogen (secondary N) is 1. The summed E-state index contributed by atoms with van der Waals surface area (Å²) >= 11 is 0. The van der Waals surface area contributed by atoms with E-state index in [1.165, 1.54) is 27.4 Å². The van der Waals surface area contributed by atoms with Gasteiger partial charge in [0.1, 0.15) is 0 Å². The van der Waals surface area contributed by atoms with E-state index in [1.54, 1.807) is 6.07 Å². The zero-order valence-electron chi connectivity index (χ0n) is 15.9. The molecule has 6 heteroatoms. The van der Waals surface area contributed by atoms with Crippen LogP contribution in [0.4, 0.5) is 5.69 Å². The summed E-state index contributed by atoms with van der Waals surface area (Å²) in [5.74, 6) is -0.0688. The third-order valence-corrected chi connectivity index (χ3v) is 4.43. The number of carbonyl (C=O) groups is 2. The first-order chi connectivity index (χ1) is 13.6. The lowest BCUT2D eigenvalue weighted by molar-refractivity contribution is -0.115. The highest BCUT2D eigenvalue weighted by Gasteiger charge is 2.19. The zero-order valence-corrected chi connectivity index (χ0v) is 15.9. The molecule has 0 aromatic heterocycles. The molecule has 0 aliphatic carbocycles. The summed E-state index contributed by atoms with van der Waals surface area (Å²) in [6.45, 7) is 0. The molecule has 0 bridgehead atoms. The number of rotatable bonds is 6. The smallest absolute Gasteiger partial charge is 0.340 e. The van der Waals surface area contributed by atoms with Gasteiger partial charge in [-0.15, -0.1) is 0 Å². The van der Waals surface area contributed by atoms with Crippen molar-refractivity contribution in [2.45, 2.75) is 6.42 Å². The summed E-state index contributed by atoms with van der Waals surface area (Å²) in [5.41, 5.74) is 1.39. The van der Waals surface area contributed by atoms with Crippen molar-refractivity contribution < 1.29 is 23.8 Å². The van der Waals surface area contributed by atoms with Gasteiger partial charge in [0.25, 0.3) is 0 Å². The second-order valence-electron chi connectivity index (χ2n) is 6.11. The lowest BCUT2D eigenvalue weighted by atomic mass is 10.0. The second-order valence-corrected chi connectivity index (χ2v) is 6.11. The highest BCUT2D eigenvalue weighted by atomic mass is 16.5. The average Bonchev–Trinajstić information content (AvgIpc) is 2.73. The first-order valence-corrected chi connectivity index (χ1v) is 8.68. The predicted molar refractivity (Wildman–Crippen MR) is 107 cm³/mol. The van der Waals surface area contributed by atoms with Gasteiger partial charge in [-0.2, -0.15) is 0 Å². The number of ether oxygens (including phenoxy) is 3. The van der Waals surface area contributed by atoms with Crippen molar-refractivity contribution in [3.63, 3.8) is 0 Å². The first-order valence-electron chi connectivity index (χ1n) is 8.68. The molecular formula is C22H21NO5.